The Kier molecular flexibility index (Phi) is 6.34. The maximum Gasteiger partial charge on any atom is 0.265 e. The third kappa shape index (κ3) is 4.78. The van der Waals surface area contributed by atoms with Crippen LogP contribution < -0.4 is 15.0 Å². The van der Waals surface area contributed by atoms with E-state index < -0.39 is 6.10 Å². The molecule has 1 unspecified atom stereocenters. The van der Waals surface area contributed by atoms with E-state index >= 15 is 0 Å². The second kappa shape index (κ2) is 9.16. The van der Waals surface area contributed by atoms with E-state index in [9.17, 15) is 9.59 Å². The fraction of sp³-hybridized carbons (Fsp3) is 0.391. The highest BCUT2D eigenvalue weighted by Crippen LogP contribution is 2.34. The molecule has 2 heterocycles. The summed E-state index contributed by atoms with van der Waals surface area (Å²) >= 11 is 6.34. The number of rotatable bonds is 4. The fourth-order valence-electron chi connectivity index (χ4n) is 4.00. The summed E-state index contributed by atoms with van der Waals surface area (Å²) in [6.45, 7) is 6.39. The van der Waals surface area contributed by atoms with Crippen LogP contribution in [-0.2, 0) is 14.3 Å². The van der Waals surface area contributed by atoms with Crippen molar-refractivity contribution in [2.24, 2.45) is 0 Å². The van der Waals surface area contributed by atoms with Crippen LogP contribution in [0.4, 0.5) is 11.4 Å². The Morgan fingerprint density at radius 2 is 1.90 bits per heavy atom. The van der Waals surface area contributed by atoms with Crippen molar-refractivity contribution >= 4 is 34.8 Å². The van der Waals surface area contributed by atoms with Crippen LogP contribution in [0.1, 0.15) is 11.1 Å². The van der Waals surface area contributed by atoms with E-state index in [4.69, 9.17) is 21.1 Å². The minimum Gasteiger partial charge on any atom is -0.477 e. The number of aryl methyl sites for hydroxylation is 2. The number of nitrogens with zero attached hydrogens (tertiary/aromatic N) is 2. The van der Waals surface area contributed by atoms with E-state index in [0.29, 0.717) is 49.3 Å². The molecule has 0 aliphatic carbocycles. The molecule has 164 valence electrons. The summed E-state index contributed by atoms with van der Waals surface area (Å²) < 4.78 is 11.3. The summed E-state index contributed by atoms with van der Waals surface area (Å²) in [5.41, 5.74) is 3.34. The number of morpholine rings is 1. The molecule has 4 rings (SSSR count). The monoisotopic (exact) mass is 443 g/mol. The minimum absolute atomic E-state index is 0.0803. The molecule has 8 heteroatoms. The van der Waals surface area contributed by atoms with Crippen molar-refractivity contribution in [3.8, 4) is 5.75 Å². The highest BCUT2D eigenvalue weighted by molar-refractivity contribution is 6.34. The van der Waals surface area contributed by atoms with Crippen LogP contribution in [0.2, 0.25) is 5.02 Å². The average molecular weight is 444 g/mol. The molecule has 1 atom stereocenters. The number of carbonyl (C=O) groups is 2. The molecule has 1 saturated heterocycles. The van der Waals surface area contributed by atoms with Gasteiger partial charge >= 0.3 is 0 Å². The van der Waals surface area contributed by atoms with Crippen molar-refractivity contribution in [1.29, 1.82) is 0 Å². The molecule has 1 fully saturated rings. The molecular weight excluding hydrogens is 418 g/mol. The Labute approximate surface area is 186 Å². The highest BCUT2D eigenvalue weighted by atomic mass is 35.5. The normalized spacial score (nSPS) is 18.2. The largest absolute Gasteiger partial charge is 0.477 e. The number of hydrogen-bond acceptors (Lipinski definition) is 5. The lowest BCUT2D eigenvalue weighted by Gasteiger charge is -2.38. The number of carbonyl (C=O) groups excluding carboxylic acids is 2. The van der Waals surface area contributed by atoms with Crippen molar-refractivity contribution in [2.45, 2.75) is 20.0 Å². The highest BCUT2D eigenvalue weighted by Gasteiger charge is 2.34. The van der Waals surface area contributed by atoms with Gasteiger partial charge in [0.25, 0.3) is 5.91 Å². The zero-order valence-electron chi connectivity index (χ0n) is 17.7. The molecule has 31 heavy (non-hydrogen) atoms. The summed E-state index contributed by atoms with van der Waals surface area (Å²) in [5.74, 6) is 0.307. The summed E-state index contributed by atoms with van der Waals surface area (Å²) in [5, 5.41) is 3.43. The van der Waals surface area contributed by atoms with Gasteiger partial charge in [-0.25, -0.2) is 0 Å². The first-order chi connectivity index (χ1) is 14.9. The molecule has 2 aliphatic heterocycles. The lowest BCUT2D eigenvalue weighted by atomic mass is 10.1. The van der Waals surface area contributed by atoms with Gasteiger partial charge in [0.1, 0.15) is 5.75 Å². The number of amides is 2. The van der Waals surface area contributed by atoms with Gasteiger partial charge in [0.2, 0.25) is 5.91 Å². The second-order valence-electron chi connectivity index (χ2n) is 7.88. The molecule has 0 aromatic heterocycles. The maximum absolute atomic E-state index is 13.0. The van der Waals surface area contributed by atoms with Gasteiger partial charge in [0, 0.05) is 13.1 Å². The van der Waals surface area contributed by atoms with Crippen LogP contribution in [0, 0.1) is 13.8 Å². The molecule has 0 radical (unpaired) electrons. The van der Waals surface area contributed by atoms with E-state index in [1.54, 1.807) is 4.90 Å². The number of hydrogen-bond donors (Lipinski definition) is 1. The molecule has 7 nitrogen and oxygen atoms in total. The lowest BCUT2D eigenvalue weighted by Crippen LogP contribution is -2.53. The molecule has 2 aromatic carbocycles. The quantitative estimate of drug-likeness (QED) is 0.786. The van der Waals surface area contributed by atoms with Crippen molar-refractivity contribution < 1.29 is 19.1 Å². The third-order valence-electron chi connectivity index (χ3n) is 5.49. The summed E-state index contributed by atoms with van der Waals surface area (Å²) in [7, 11) is 0. The predicted octanol–water partition coefficient (Wildman–Crippen LogP) is 3.02. The van der Waals surface area contributed by atoms with Crippen LogP contribution in [0.5, 0.6) is 5.75 Å². The van der Waals surface area contributed by atoms with E-state index in [1.165, 1.54) is 0 Å². The topological polar surface area (TPSA) is 71.1 Å². The zero-order valence-corrected chi connectivity index (χ0v) is 18.4. The van der Waals surface area contributed by atoms with Crippen molar-refractivity contribution in [3.63, 3.8) is 0 Å². The summed E-state index contributed by atoms with van der Waals surface area (Å²) in [6, 6.07) is 11.3. The number of ether oxygens (including phenoxy) is 2. The molecule has 2 amide bonds. The molecule has 0 spiro atoms. The van der Waals surface area contributed by atoms with Crippen LogP contribution in [0.25, 0.3) is 0 Å². The number of halogens is 1. The number of nitrogens with one attached hydrogen (secondary N) is 1. The molecule has 2 aliphatic rings. The lowest BCUT2D eigenvalue weighted by molar-refractivity contribution is -0.142. The Bertz CT molecular complexity index is 968. The fourth-order valence-corrected chi connectivity index (χ4v) is 4.37. The Hall–Kier alpha value is -2.77. The molecule has 2 aromatic rings. The number of anilines is 2. The van der Waals surface area contributed by atoms with Crippen LogP contribution in [-0.4, -0.2) is 62.2 Å². The summed E-state index contributed by atoms with van der Waals surface area (Å²) in [6.07, 6.45) is -0.675. The van der Waals surface area contributed by atoms with Gasteiger partial charge in [0.05, 0.1) is 42.7 Å². The molecular formula is C23H26ClN3O4. The van der Waals surface area contributed by atoms with Crippen LogP contribution in [0.15, 0.2) is 36.4 Å². The van der Waals surface area contributed by atoms with Gasteiger partial charge in [-0.2, -0.15) is 0 Å². The van der Waals surface area contributed by atoms with Crippen molar-refractivity contribution in [1.82, 2.24) is 4.90 Å². The van der Waals surface area contributed by atoms with E-state index in [-0.39, 0.29) is 18.4 Å². The number of fused-ring (bicyclic) bond motifs is 1. The smallest absolute Gasteiger partial charge is 0.265 e. The molecule has 0 saturated carbocycles. The van der Waals surface area contributed by atoms with Gasteiger partial charge in [-0.1, -0.05) is 29.8 Å². The molecule has 1 N–H and O–H groups in total. The zero-order chi connectivity index (χ0) is 22.0. The van der Waals surface area contributed by atoms with Crippen LogP contribution >= 0.6 is 11.6 Å². The molecule has 0 bridgehead atoms. The first kappa shape index (κ1) is 21.5. The SMILES string of the molecule is Cc1cc(C)c(NC(=O)CN2CC(C(=O)N3CCOCC3)Oc3ccccc32)c(Cl)c1. The minimum atomic E-state index is -0.675. The second-order valence-corrected chi connectivity index (χ2v) is 8.29. The Morgan fingerprint density at radius 3 is 2.65 bits per heavy atom. The first-order valence-electron chi connectivity index (χ1n) is 10.4. The Morgan fingerprint density at radius 1 is 1.16 bits per heavy atom. The van der Waals surface area contributed by atoms with Crippen molar-refractivity contribution in [3.05, 3.63) is 52.5 Å². The van der Waals surface area contributed by atoms with Crippen molar-refractivity contribution in [2.75, 3.05) is 49.6 Å². The number of para-hydroxylation sites is 2. The first-order valence-corrected chi connectivity index (χ1v) is 10.7. The maximum atomic E-state index is 13.0. The van der Waals surface area contributed by atoms with Gasteiger partial charge in [-0.05, 0) is 43.2 Å². The van der Waals surface area contributed by atoms with Crippen LogP contribution in [0.3, 0.4) is 0 Å². The van der Waals surface area contributed by atoms with E-state index in [2.05, 4.69) is 5.32 Å². The average Bonchev–Trinajstić information content (AvgIpc) is 2.76. The Balaban J connectivity index is 1.51. The predicted molar refractivity (Wildman–Crippen MR) is 120 cm³/mol. The van der Waals surface area contributed by atoms with Gasteiger partial charge in [-0.3, -0.25) is 9.59 Å². The third-order valence-corrected chi connectivity index (χ3v) is 5.79. The van der Waals surface area contributed by atoms with Gasteiger partial charge in [-0.15, -0.1) is 0 Å². The van der Waals surface area contributed by atoms with E-state index in [0.717, 1.165) is 16.8 Å². The summed E-state index contributed by atoms with van der Waals surface area (Å²) in [4.78, 5) is 29.5. The number of benzene rings is 2. The standard InChI is InChI=1S/C23H26ClN3O4/c1-15-11-16(2)22(17(24)12-15)25-21(28)14-27-13-20(23(29)26-7-9-30-10-8-26)31-19-6-4-3-5-18(19)27/h3-6,11-12,20H,7-10,13-14H2,1-2H3,(H,25,28). The van der Waals surface area contributed by atoms with Gasteiger partial charge in [0.15, 0.2) is 6.10 Å². The van der Waals surface area contributed by atoms with Gasteiger partial charge < -0.3 is 24.6 Å². The van der Waals surface area contributed by atoms with E-state index in [1.807, 2.05) is 55.1 Å².